The van der Waals surface area contributed by atoms with Gasteiger partial charge in [0.15, 0.2) is 0 Å². The van der Waals surface area contributed by atoms with Gasteiger partial charge in [0.2, 0.25) is 0 Å². The molecule has 0 aromatic heterocycles. The number of hydrogen-bond donors (Lipinski definition) is 2. The molecule has 20 heavy (non-hydrogen) atoms. The highest BCUT2D eigenvalue weighted by Crippen LogP contribution is 2.23. The quantitative estimate of drug-likeness (QED) is 0.658. The maximum absolute atomic E-state index is 14.0. The van der Waals surface area contributed by atoms with Gasteiger partial charge in [0.05, 0.1) is 11.7 Å². The summed E-state index contributed by atoms with van der Waals surface area (Å²) in [6.45, 7) is 8.22. The van der Waals surface area contributed by atoms with E-state index in [1.54, 1.807) is 12.1 Å². The van der Waals surface area contributed by atoms with Crippen LogP contribution in [0.2, 0.25) is 0 Å². The molecular formula is C15H22FN3O. The lowest BCUT2D eigenvalue weighted by Crippen LogP contribution is -2.51. The van der Waals surface area contributed by atoms with Crippen molar-refractivity contribution in [3.8, 4) is 0 Å². The summed E-state index contributed by atoms with van der Waals surface area (Å²) in [6.07, 6.45) is 0.137. The summed E-state index contributed by atoms with van der Waals surface area (Å²) < 4.78 is 19.9. The van der Waals surface area contributed by atoms with E-state index in [0.29, 0.717) is 17.7 Å². The number of nitrogens with one attached hydrogen (secondary N) is 1. The lowest BCUT2D eigenvalue weighted by Gasteiger charge is -2.41. The molecule has 0 bridgehead atoms. The summed E-state index contributed by atoms with van der Waals surface area (Å²) in [4.78, 5) is 2.19. The van der Waals surface area contributed by atoms with Gasteiger partial charge < -0.3 is 10.5 Å². The van der Waals surface area contributed by atoms with Crippen LogP contribution in [0, 0.1) is 11.2 Å². The summed E-state index contributed by atoms with van der Waals surface area (Å²) in [5.74, 6) is -0.425. The lowest BCUT2D eigenvalue weighted by molar-refractivity contribution is -0.130. The standard InChI is InChI=1S/C15H22FN3O/c1-10-7-19(9-15(2,3)20-10)8-12-5-4-11(14(17)18)6-13(12)16/h4-6,10H,7-9H2,1-3H3,(H3,17,18). The number of nitrogens with zero attached hydrogens (tertiary/aromatic N) is 1. The summed E-state index contributed by atoms with van der Waals surface area (Å²) in [7, 11) is 0. The molecule has 0 radical (unpaired) electrons. The zero-order chi connectivity index (χ0) is 14.9. The minimum Gasteiger partial charge on any atom is -0.384 e. The highest BCUT2D eigenvalue weighted by molar-refractivity contribution is 5.94. The monoisotopic (exact) mass is 279 g/mol. The largest absolute Gasteiger partial charge is 0.384 e. The molecule has 2 rings (SSSR count). The molecule has 0 amide bonds. The van der Waals surface area contributed by atoms with Crippen LogP contribution >= 0.6 is 0 Å². The van der Waals surface area contributed by atoms with Crippen LogP contribution in [0.1, 0.15) is 31.9 Å². The summed E-state index contributed by atoms with van der Waals surface area (Å²) >= 11 is 0. The van der Waals surface area contributed by atoms with Crippen LogP contribution in [-0.2, 0) is 11.3 Å². The van der Waals surface area contributed by atoms with Crippen molar-refractivity contribution < 1.29 is 9.13 Å². The second kappa shape index (κ2) is 5.50. The normalized spacial score (nSPS) is 22.7. The van der Waals surface area contributed by atoms with Gasteiger partial charge in [-0.05, 0) is 26.8 Å². The minimum absolute atomic E-state index is 0.114. The van der Waals surface area contributed by atoms with E-state index >= 15 is 0 Å². The van der Waals surface area contributed by atoms with Crippen molar-refractivity contribution in [2.24, 2.45) is 5.73 Å². The molecular weight excluding hydrogens is 257 g/mol. The average molecular weight is 279 g/mol. The van der Waals surface area contributed by atoms with E-state index in [1.807, 2.05) is 20.8 Å². The highest BCUT2D eigenvalue weighted by Gasteiger charge is 2.31. The summed E-state index contributed by atoms with van der Waals surface area (Å²) in [6, 6.07) is 4.72. The molecule has 1 aliphatic heterocycles. The molecule has 5 heteroatoms. The van der Waals surface area contributed by atoms with Crippen LogP contribution < -0.4 is 5.73 Å². The van der Waals surface area contributed by atoms with Gasteiger partial charge in [0, 0.05) is 30.8 Å². The number of nitrogen functional groups attached to an aromatic ring is 1. The number of amidine groups is 1. The van der Waals surface area contributed by atoms with Crippen LogP contribution in [0.25, 0.3) is 0 Å². The van der Waals surface area contributed by atoms with Crippen LogP contribution in [0.4, 0.5) is 4.39 Å². The number of morpholine rings is 1. The van der Waals surface area contributed by atoms with Gasteiger partial charge in [-0.25, -0.2) is 4.39 Å². The molecule has 4 nitrogen and oxygen atoms in total. The van der Waals surface area contributed by atoms with Crippen molar-refractivity contribution in [1.82, 2.24) is 4.90 Å². The molecule has 1 fully saturated rings. The Balaban J connectivity index is 2.12. The van der Waals surface area contributed by atoms with Gasteiger partial charge in [-0.15, -0.1) is 0 Å². The van der Waals surface area contributed by atoms with Crippen LogP contribution in [0.15, 0.2) is 18.2 Å². The Hall–Kier alpha value is -1.46. The van der Waals surface area contributed by atoms with E-state index in [9.17, 15) is 4.39 Å². The van der Waals surface area contributed by atoms with Crippen molar-refractivity contribution in [2.75, 3.05) is 13.1 Å². The highest BCUT2D eigenvalue weighted by atomic mass is 19.1. The Morgan fingerprint density at radius 3 is 2.80 bits per heavy atom. The molecule has 1 atom stereocenters. The van der Waals surface area contributed by atoms with Crippen LogP contribution in [-0.4, -0.2) is 35.5 Å². The third-order valence-electron chi connectivity index (χ3n) is 3.40. The fourth-order valence-electron chi connectivity index (χ4n) is 2.79. The van der Waals surface area contributed by atoms with E-state index in [2.05, 4.69) is 4.90 Å². The van der Waals surface area contributed by atoms with E-state index in [0.717, 1.165) is 13.1 Å². The number of halogens is 1. The molecule has 1 saturated heterocycles. The topological polar surface area (TPSA) is 62.3 Å². The van der Waals surface area contributed by atoms with Crippen LogP contribution in [0.3, 0.4) is 0 Å². The predicted octanol–water partition coefficient (Wildman–Crippen LogP) is 2.11. The first-order chi connectivity index (χ1) is 9.27. The van der Waals surface area contributed by atoms with Crippen LogP contribution in [0.5, 0.6) is 0 Å². The number of rotatable bonds is 3. The third-order valence-corrected chi connectivity index (χ3v) is 3.40. The molecule has 1 aromatic carbocycles. The first-order valence-corrected chi connectivity index (χ1v) is 6.80. The number of benzene rings is 1. The number of nitrogens with two attached hydrogens (primary N) is 1. The lowest BCUT2D eigenvalue weighted by atomic mass is 10.0. The molecule has 110 valence electrons. The Bertz CT molecular complexity index is 516. The number of ether oxygens (including phenoxy) is 1. The van der Waals surface area contributed by atoms with Gasteiger partial charge in [0.25, 0.3) is 0 Å². The van der Waals surface area contributed by atoms with Gasteiger partial charge >= 0.3 is 0 Å². The molecule has 1 heterocycles. The fourth-order valence-corrected chi connectivity index (χ4v) is 2.79. The molecule has 1 aliphatic rings. The molecule has 0 spiro atoms. The zero-order valence-corrected chi connectivity index (χ0v) is 12.2. The van der Waals surface area contributed by atoms with Crippen molar-refractivity contribution in [3.63, 3.8) is 0 Å². The first-order valence-electron chi connectivity index (χ1n) is 6.80. The predicted molar refractivity (Wildman–Crippen MR) is 77.3 cm³/mol. The third kappa shape index (κ3) is 3.55. The van der Waals surface area contributed by atoms with E-state index in [4.69, 9.17) is 15.9 Å². The van der Waals surface area contributed by atoms with Crippen molar-refractivity contribution in [2.45, 2.75) is 39.0 Å². The summed E-state index contributed by atoms with van der Waals surface area (Å²) in [5, 5.41) is 7.32. The molecule has 1 unspecified atom stereocenters. The minimum atomic E-state index is -0.311. The Kier molecular flexibility index (Phi) is 4.11. The van der Waals surface area contributed by atoms with E-state index in [1.165, 1.54) is 6.07 Å². The molecule has 0 aliphatic carbocycles. The average Bonchev–Trinajstić information content (AvgIpc) is 2.28. The second-order valence-corrected chi connectivity index (χ2v) is 6.08. The van der Waals surface area contributed by atoms with Crippen molar-refractivity contribution in [1.29, 1.82) is 5.41 Å². The SMILES string of the molecule is CC1CN(Cc2ccc(C(=N)N)cc2F)CC(C)(C)O1. The smallest absolute Gasteiger partial charge is 0.128 e. The summed E-state index contributed by atoms with van der Waals surface area (Å²) in [5.41, 5.74) is 6.19. The molecule has 1 aromatic rings. The first kappa shape index (κ1) is 14.9. The molecule has 3 N–H and O–H groups in total. The Labute approximate surface area is 119 Å². The van der Waals surface area contributed by atoms with E-state index < -0.39 is 0 Å². The van der Waals surface area contributed by atoms with Gasteiger partial charge in [-0.1, -0.05) is 12.1 Å². The van der Waals surface area contributed by atoms with Gasteiger partial charge in [-0.2, -0.15) is 0 Å². The van der Waals surface area contributed by atoms with Gasteiger partial charge in [-0.3, -0.25) is 10.3 Å². The van der Waals surface area contributed by atoms with Gasteiger partial charge in [0.1, 0.15) is 11.7 Å². The second-order valence-electron chi connectivity index (χ2n) is 6.08. The van der Waals surface area contributed by atoms with Crippen molar-refractivity contribution >= 4 is 5.84 Å². The van der Waals surface area contributed by atoms with E-state index in [-0.39, 0.29) is 23.4 Å². The Morgan fingerprint density at radius 1 is 1.55 bits per heavy atom. The number of hydrogen-bond acceptors (Lipinski definition) is 3. The van der Waals surface area contributed by atoms with Crippen molar-refractivity contribution in [3.05, 3.63) is 35.1 Å². The zero-order valence-electron chi connectivity index (χ0n) is 12.2. The maximum atomic E-state index is 14.0. The Morgan fingerprint density at radius 2 is 2.25 bits per heavy atom. The fraction of sp³-hybridized carbons (Fsp3) is 0.533. The maximum Gasteiger partial charge on any atom is 0.128 e. The molecule has 0 saturated carbocycles.